The number of rotatable bonds is 4. The fraction of sp³-hybridized carbons (Fsp3) is 0.917. The van der Waals surface area contributed by atoms with Crippen LogP contribution in [0.3, 0.4) is 0 Å². The summed E-state index contributed by atoms with van der Waals surface area (Å²) < 4.78 is 0. The number of carboxylic acids is 1. The summed E-state index contributed by atoms with van der Waals surface area (Å²) in [6.45, 7) is 7.06. The van der Waals surface area contributed by atoms with E-state index in [2.05, 4.69) is 20.8 Å². The summed E-state index contributed by atoms with van der Waals surface area (Å²) in [6.07, 6.45) is 8.81. The van der Waals surface area contributed by atoms with Crippen molar-refractivity contribution in [2.75, 3.05) is 0 Å². The Hall–Kier alpha value is -0.900. The van der Waals surface area contributed by atoms with Crippen molar-refractivity contribution in [3.05, 3.63) is 0 Å². The fourth-order valence-electron chi connectivity index (χ4n) is 8.44. The van der Waals surface area contributed by atoms with Crippen molar-refractivity contribution in [2.24, 2.45) is 46.3 Å². The predicted molar refractivity (Wildman–Crippen MR) is 108 cm³/mol. The number of carbonyl (C=O) groups is 2. The number of ketones is 1. The Balaban J connectivity index is 1.56. The lowest BCUT2D eigenvalue weighted by Gasteiger charge is -2.60. The van der Waals surface area contributed by atoms with Crippen molar-refractivity contribution in [2.45, 2.75) is 91.1 Å². The Morgan fingerprint density at radius 1 is 1.11 bits per heavy atom. The first-order valence-corrected chi connectivity index (χ1v) is 11.6. The van der Waals surface area contributed by atoms with Crippen LogP contribution in [0.25, 0.3) is 0 Å². The van der Waals surface area contributed by atoms with Crippen LogP contribution < -0.4 is 0 Å². The minimum atomic E-state index is -0.698. The smallest absolute Gasteiger partial charge is 0.303 e. The minimum Gasteiger partial charge on any atom is -0.481 e. The number of aliphatic hydroxyl groups is 1. The summed E-state index contributed by atoms with van der Waals surface area (Å²) in [4.78, 5) is 24.4. The molecule has 4 heteroatoms. The first kappa shape index (κ1) is 20.4. The van der Waals surface area contributed by atoms with E-state index in [1.54, 1.807) is 0 Å². The molecule has 0 aliphatic heterocycles. The van der Waals surface area contributed by atoms with Crippen LogP contribution in [0.15, 0.2) is 0 Å². The highest BCUT2D eigenvalue weighted by atomic mass is 16.4. The van der Waals surface area contributed by atoms with Gasteiger partial charge in [-0.15, -0.1) is 0 Å². The molecule has 2 N–H and O–H groups in total. The molecule has 4 saturated carbocycles. The van der Waals surface area contributed by atoms with Gasteiger partial charge in [-0.3, -0.25) is 9.59 Å². The maximum Gasteiger partial charge on any atom is 0.303 e. The van der Waals surface area contributed by atoms with Crippen molar-refractivity contribution < 1.29 is 19.8 Å². The van der Waals surface area contributed by atoms with Gasteiger partial charge in [-0.2, -0.15) is 0 Å². The second kappa shape index (κ2) is 7.11. The number of carbonyl (C=O) groups excluding carboxylic acids is 1. The monoisotopic (exact) mass is 390 g/mol. The van der Waals surface area contributed by atoms with Gasteiger partial charge in [0.2, 0.25) is 0 Å². The number of hydrogen-bond acceptors (Lipinski definition) is 3. The van der Waals surface area contributed by atoms with E-state index in [-0.39, 0.29) is 29.3 Å². The van der Waals surface area contributed by atoms with E-state index in [0.29, 0.717) is 41.8 Å². The van der Waals surface area contributed by atoms with Crippen molar-refractivity contribution in [3.63, 3.8) is 0 Å². The Kier molecular flexibility index (Phi) is 5.17. The van der Waals surface area contributed by atoms with Crippen LogP contribution in [0.5, 0.6) is 0 Å². The molecular weight excluding hydrogens is 352 g/mol. The highest BCUT2D eigenvalue weighted by Crippen LogP contribution is 2.67. The number of aliphatic carboxylic acids is 1. The van der Waals surface area contributed by atoms with Crippen LogP contribution in [-0.2, 0) is 9.59 Å². The zero-order chi connectivity index (χ0) is 20.3. The summed E-state index contributed by atoms with van der Waals surface area (Å²) in [5.41, 5.74) is 0.401. The lowest BCUT2D eigenvalue weighted by molar-refractivity contribution is -0.160. The van der Waals surface area contributed by atoms with E-state index >= 15 is 0 Å². The molecule has 158 valence electrons. The molecule has 0 saturated heterocycles. The molecule has 0 bridgehead atoms. The zero-order valence-electron chi connectivity index (χ0n) is 17.8. The molecule has 28 heavy (non-hydrogen) atoms. The summed E-state index contributed by atoms with van der Waals surface area (Å²) in [7, 11) is 0. The third kappa shape index (κ3) is 3.05. The summed E-state index contributed by atoms with van der Waals surface area (Å²) >= 11 is 0. The molecule has 0 aromatic rings. The molecule has 4 aliphatic rings. The highest BCUT2D eigenvalue weighted by molar-refractivity contribution is 5.83. The van der Waals surface area contributed by atoms with E-state index in [4.69, 9.17) is 5.11 Å². The first-order valence-electron chi connectivity index (χ1n) is 11.6. The fourth-order valence-corrected chi connectivity index (χ4v) is 8.44. The largest absolute Gasteiger partial charge is 0.481 e. The molecule has 9 atom stereocenters. The Morgan fingerprint density at radius 3 is 2.50 bits per heavy atom. The van der Waals surface area contributed by atoms with Gasteiger partial charge < -0.3 is 10.2 Å². The molecular formula is C24H38O4. The van der Waals surface area contributed by atoms with Crippen molar-refractivity contribution >= 4 is 11.8 Å². The van der Waals surface area contributed by atoms with Crippen LogP contribution in [0, 0.1) is 46.3 Å². The predicted octanol–water partition coefficient (Wildman–Crippen LogP) is 4.69. The van der Waals surface area contributed by atoms with Crippen molar-refractivity contribution in [1.82, 2.24) is 0 Å². The highest BCUT2D eigenvalue weighted by Gasteiger charge is 2.62. The topological polar surface area (TPSA) is 74.6 Å². The molecule has 4 aliphatic carbocycles. The molecule has 0 aromatic carbocycles. The van der Waals surface area contributed by atoms with Crippen LogP contribution in [0.2, 0.25) is 0 Å². The maximum atomic E-state index is 13.3. The van der Waals surface area contributed by atoms with Gasteiger partial charge in [0.15, 0.2) is 0 Å². The molecule has 4 fully saturated rings. The van der Waals surface area contributed by atoms with Gasteiger partial charge in [-0.1, -0.05) is 20.8 Å². The average molecular weight is 391 g/mol. The third-order valence-corrected chi connectivity index (χ3v) is 10.0. The Morgan fingerprint density at radius 2 is 1.79 bits per heavy atom. The van der Waals surface area contributed by atoms with E-state index in [1.807, 2.05) is 0 Å². The van der Waals surface area contributed by atoms with Crippen LogP contribution in [0.4, 0.5) is 0 Å². The SMILES string of the molecule is CC(CCC(=O)O)[C@H]1CCC2[C@@H]3C(=O)C[C@@H]4CC(O)CC[C@]4(C)C3CC[C@@]21C. The molecule has 0 spiro atoms. The van der Waals surface area contributed by atoms with Gasteiger partial charge >= 0.3 is 5.97 Å². The Bertz CT molecular complexity index is 645. The average Bonchev–Trinajstić information content (AvgIpc) is 2.98. The van der Waals surface area contributed by atoms with Gasteiger partial charge in [0.05, 0.1) is 6.10 Å². The number of hydrogen-bond donors (Lipinski definition) is 2. The number of aliphatic hydroxyl groups excluding tert-OH is 1. The normalized spacial score (nSPS) is 49.1. The first-order chi connectivity index (χ1) is 13.2. The molecule has 4 nitrogen and oxygen atoms in total. The third-order valence-electron chi connectivity index (χ3n) is 10.0. The minimum absolute atomic E-state index is 0.187. The zero-order valence-corrected chi connectivity index (χ0v) is 17.8. The standard InChI is InChI=1S/C24H38O4/c1-14(4-7-21(27)28)17-5-6-18-22-19(9-11-24(17,18)3)23(2)10-8-16(25)12-15(23)13-20(22)26/h14-19,22,25H,4-13H2,1-3H3,(H,27,28)/t14?,15-,16?,17+,18?,19?,22-,23-,24+/m0/s1. The molecule has 0 radical (unpaired) electrons. The van der Waals surface area contributed by atoms with E-state index in [9.17, 15) is 14.7 Å². The number of fused-ring (bicyclic) bond motifs is 5. The molecule has 0 heterocycles. The molecule has 4 rings (SSSR count). The van der Waals surface area contributed by atoms with Crippen molar-refractivity contribution in [1.29, 1.82) is 0 Å². The lowest BCUT2D eigenvalue weighted by Crippen LogP contribution is -2.57. The Labute approximate surface area is 169 Å². The number of Topliss-reactive ketones (excluding diaryl/α,β-unsaturated/α-hetero) is 1. The molecule has 0 amide bonds. The molecule has 4 unspecified atom stereocenters. The summed E-state index contributed by atoms with van der Waals surface area (Å²) in [6, 6.07) is 0. The van der Waals surface area contributed by atoms with Crippen LogP contribution in [0.1, 0.15) is 85.0 Å². The quantitative estimate of drug-likeness (QED) is 0.730. The number of carboxylic acid groups (broad SMARTS) is 1. The summed E-state index contributed by atoms with van der Waals surface area (Å²) in [5, 5.41) is 19.3. The van der Waals surface area contributed by atoms with Gasteiger partial charge in [0.25, 0.3) is 0 Å². The van der Waals surface area contributed by atoms with Crippen LogP contribution >= 0.6 is 0 Å². The second-order valence-corrected chi connectivity index (χ2v) is 11.2. The molecule has 0 aromatic heterocycles. The van der Waals surface area contributed by atoms with Crippen LogP contribution in [-0.4, -0.2) is 28.1 Å². The van der Waals surface area contributed by atoms with Gasteiger partial charge in [0, 0.05) is 18.8 Å². The maximum absolute atomic E-state index is 13.3. The van der Waals surface area contributed by atoms with Gasteiger partial charge in [-0.25, -0.2) is 0 Å². The van der Waals surface area contributed by atoms with Gasteiger partial charge in [0.1, 0.15) is 5.78 Å². The van der Waals surface area contributed by atoms with E-state index < -0.39 is 5.97 Å². The van der Waals surface area contributed by atoms with E-state index in [0.717, 1.165) is 44.9 Å². The second-order valence-electron chi connectivity index (χ2n) is 11.2. The van der Waals surface area contributed by atoms with E-state index in [1.165, 1.54) is 6.42 Å². The van der Waals surface area contributed by atoms with Gasteiger partial charge in [-0.05, 0) is 91.8 Å². The van der Waals surface area contributed by atoms with Crippen molar-refractivity contribution in [3.8, 4) is 0 Å². The lowest BCUT2D eigenvalue weighted by atomic mass is 9.44. The summed E-state index contributed by atoms with van der Waals surface area (Å²) in [5.74, 6) is 2.25.